The average molecular weight is 257 g/mol. The van der Waals surface area contributed by atoms with Crippen LogP contribution in [0.2, 0.25) is 0 Å². The van der Waals surface area contributed by atoms with Crippen LogP contribution in [0.4, 0.5) is 0 Å². The maximum absolute atomic E-state index is 5.73. The number of ether oxygens (including phenoxy) is 3. The van der Waals surface area contributed by atoms with E-state index in [0.29, 0.717) is 0 Å². The van der Waals surface area contributed by atoms with E-state index >= 15 is 0 Å². The van der Waals surface area contributed by atoms with Gasteiger partial charge < -0.3 is 14.2 Å². The molecule has 1 aliphatic carbocycles. The molecule has 1 aromatic carbocycles. The number of benzene rings is 1. The summed E-state index contributed by atoms with van der Waals surface area (Å²) in [4.78, 5) is 0. The lowest BCUT2D eigenvalue weighted by Crippen LogP contribution is -2.15. The van der Waals surface area contributed by atoms with E-state index in [1.54, 1.807) is 7.11 Å². The van der Waals surface area contributed by atoms with Gasteiger partial charge in [0.1, 0.15) is 22.4 Å². The third-order valence-electron chi connectivity index (χ3n) is 2.47. The summed E-state index contributed by atoms with van der Waals surface area (Å²) in [5.41, 5.74) is 0. The van der Waals surface area contributed by atoms with Crippen LogP contribution in [0.25, 0.3) is 0 Å². The van der Waals surface area contributed by atoms with Gasteiger partial charge in [-0.05, 0) is 28.1 Å². The molecular formula is C10H9BrO3. The normalized spacial score (nSPS) is 26.7. The van der Waals surface area contributed by atoms with Gasteiger partial charge in [0.15, 0.2) is 11.5 Å². The fourth-order valence-corrected chi connectivity index (χ4v) is 2.18. The van der Waals surface area contributed by atoms with Crippen LogP contribution < -0.4 is 14.2 Å². The second-order valence-electron chi connectivity index (χ2n) is 3.46. The molecule has 0 radical (unpaired) electrons. The van der Waals surface area contributed by atoms with E-state index in [1.807, 2.05) is 12.1 Å². The zero-order valence-electron chi connectivity index (χ0n) is 7.62. The van der Waals surface area contributed by atoms with Crippen molar-refractivity contribution >= 4 is 15.9 Å². The Kier molecular flexibility index (Phi) is 1.68. The average Bonchev–Trinajstić information content (AvgIpc) is 2.94. The van der Waals surface area contributed by atoms with E-state index in [0.717, 1.165) is 28.1 Å². The topological polar surface area (TPSA) is 27.7 Å². The molecule has 0 amide bonds. The highest BCUT2D eigenvalue weighted by Crippen LogP contribution is 2.49. The molecule has 2 atom stereocenters. The number of halogens is 1. The Bertz CT molecular complexity index is 391. The van der Waals surface area contributed by atoms with Crippen molar-refractivity contribution in [3.63, 3.8) is 0 Å². The van der Waals surface area contributed by atoms with Crippen molar-refractivity contribution < 1.29 is 14.2 Å². The number of fused-ring (bicyclic) bond motifs is 2. The van der Waals surface area contributed by atoms with Gasteiger partial charge in [0.05, 0.1) is 7.11 Å². The lowest BCUT2D eigenvalue weighted by molar-refractivity contribution is 0.164. The highest BCUT2D eigenvalue weighted by molar-refractivity contribution is 9.10. The lowest BCUT2D eigenvalue weighted by Gasteiger charge is -2.19. The lowest BCUT2D eigenvalue weighted by atomic mass is 10.3. The molecule has 0 bridgehead atoms. The van der Waals surface area contributed by atoms with E-state index < -0.39 is 0 Å². The fraction of sp³-hybridized carbons (Fsp3) is 0.400. The van der Waals surface area contributed by atoms with Crippen LogP contribution >= 0.6 is 15.9 Å². The number of hydrogen-bond donors (Lipinski definition) is 0. The predicted molar refractivity (Wildman–Crippen MR) is 54.1 cm³/mol. The third kappa shape index (κ3) is 1.10. The summed E-state index contributed by atoms with van der Waals surface area (Å²) in [6.45, 7) is 0. The van der Waals surface area contributed by atoms with Gasteiger partial charge in [0.25, 0.3) is 0 Å². The second kappa shape index (κ2) is 2.79. The minimum Gasteiger partial charge on any atom is -0.495 e. The molecule has 0 saturated heterocycles. The first-order chi connectivity index (χ1) is 6.79. The van der Waals surface area contributed by atoms with Crippen LogP contribution in [0.3, 0.4) is 0 Å². The summed E-state index contributed by atoms with van der Waals surface area (Å²) in [5, 5.41) is 0. The van der Waals surface area contributed by atoms with Crippen LogP contribution in [-0.2, 0) is 0 Å². The van der Waals surface area contributed by atoms with Gasteiger partial charge in [0, 0.05) is 6.42 Å². The van der Waals surface area contributed by atoms with Gasteiger partial charge in [-0.2, -0.15) is 0 Å². The Morgan fingerprint density at radius 1 is 1.36 bits per heavy atom. The minimum atomic E-state index is 0.242. The SMILES string of the molecule is COc1ccc2c(c1Br)OC1CC1O2. The molecule has 0 spiro atoms. The van der Waals surface area contributed by atoms with E-state index in [4.69, 9.17) is 14.2 Å². The van der Waals surface area contributed by atoms with Gasteiger partial charge in [0.2, 0.25) is 0 Å². The first kappa shape index (κ1) is 8.41. The van der Waals surface area contributed by atoms with Crippen LogP contribution in [-0.4, -0.2) is 19.3 Å². The van der Waals surface area contributed by atoms with Crippen molar-refractivity contribution in [2.45, 2.75) is 18.6 Å². The van der Waals surface area contributed by atoms with Crippen molar-refractivity contribution in [1.82, 2.24) is 0 Å². The zero-order valence-corrected chi connectivity index (χ0v) is 9.21. The molecule has 1 saturated carbocycles. The quantitative estimate of drug-likeness (QED) is 0.773. The Morgan fingerprint density at radius 2 is 2.14 bits per heavy atom. The highest BCUT2D eigenvalue weighted by atomic mass is 79.9. The van der Waals surface area contributed by atoms with Crippen molar-refractivity contribution in [2.24, 2.45) is 0 Å². The van der Waals surface area contributed by atoms with E-state index in [9.17, 15) is 0 Å². The summed E-state index contributed by atoms with van der Waals surface area (Å²) in [6, 6.07) is 3.75. The number of methoxy groups -OCH3 is 1. The summed E-state index contributed by atoms with van der Waals surface area (Å²) >= 11 is 3.44. The van der Waals surface area contributed by atoms with Crippen molar-refractivity contribution in [3.8, 4) is 17.2 Å². The molecule has 4 heteroatoms. The van der Waals surface area contributed by atoms with Crippen LogP contribution in [0.5, 0.6) is 17.2 Å². The third-order valence-corrected chi connectivity index (χ3v) is 3.22. The monoisotopic (exact) mass is 256 g/mol. The van der Waals surface area contributed by atoms with Gasteiger partial charge in [-0.3, -0.25) is 0 Å². The minimum absolute atomic E-state index is 0.242. The van der Waals surface area contributed by atoms with Crippen molar-refractivity contribution in [2.75, 3.05) is 7.11 Å². The van der Waals surface area contributed by atoms with Gasteiger partial charge >= 0.3 is 0 Å². The molecule has 1 heterocycles. The molecule has 2 unspecified atom stereocenters. The van der Waals surface area contributed by atoms with Crippen molar-refractivity contribution in [3.05, 3.63) is 16.6 Å². The smallest absolute Gasteiger partial charge is 0.179 e. The molecule has 74 valence electrons. The van der Waals surface area contributed by atoms with E-state index in [1.165, 1.54) is 0 Å². The Balaban J connectivity index is 2.08. The standard InChI is InChI=1S/C10H9BrO3/c1-12-5-2-3-6-10(9(5)11)14-8-4-7(8)13-6/h2-3,7-8H,4H2,1H3. The molecule has 0 N–H and O–H groups in total. The summed E-state index contributed by atoms with van der Waals surface area (Å²) in [5.74, 6) is 2.34. The molecular weight excluding hydrogens is 248 g/mol. The maximum atomic E-state index is 5.73. The predicted octanol–water partition coefficient (Wildman–Crippen LogP) is 2.37. The Labute approximate surface area is 90.1 Å². The molecule has 1 aliphatic heterocycles. The zero-order chi connectivity index (χ0) is 9.71. The van der Waals surface area contributed by atoms with E-state index in [-0.39, 0.29) is 12.2 Å². The largest absolute Gasteiger partial charge is 0.495 e. The van der Waals surface area contributed by atoms with Gasteiger partial charge in [-0.15, -0.1) is 0 Å². The molecule has 1 aromatic rings. The van der Waals surface area contributed by atoms with Gasteiger partial charge in [-0.25, -0.2) is 0 Å². The fourth-order valence-electron chi connectivity index (χ4n) is 1.59. The molecule has 0 aromatic heterocycles. The van der Waals surface area contributed by atoms with Gasteiger partial charge in [-0.1, -0.05) is 0 Å². The van der Waals surface area contributed by atoms with Crippen LogP contribution in [0, 0.1) is 0 Å². The summed E-state index contributed by atoms with van der Waals surface area (Å²) in [7, 11) is 1.64. The summed E-state index contributed by atoms with van der Waals surface area (Å²) < 4.78 is 17.4. The maximum Gasteiger partial charge on any atom is 0.179 e. The van der Waals surface area contributed by atoms with Crippen molar-refractivity contribution in [1.29, 1.82) is 0 Å². The first-order valence-electron chi connectivity index (χ1n) is 4.49. The molecule has 14 heavy (non-hydrogen) atoms. The first-order valence-corrected chi connectivity index (χ1v) is 5.28. The number of rotatable bonds is 1. The molecule has 3 nitrogen and oxygen atoms in total. The molecule has 1 fully saturated rings. The second-order valence-corrected chi connectivity index (χ2v) is 4.25. The highest BCUT2D eigenvalue weighted by Gasteiger charge is 2.46. The Morgan fingerprint density at radius 3 is 2.93 bits per heavy atom. The van der Waals surface area contributed by atoms with Crippen LogP contribution in [0.15, 0.2) is 16.6 Å². The van der Waals surface area contributed by atoms with E-state index in [2.05, 4.69) is 15.9 Å². The van der Waals surface area contributed by atoms with Crippen LogP contribution in [0.1, 0.15) is 6.42 Å². The number of hydrogen-bond acceptors (Lipinski definition) is 3. The molecule has 2 aliphatic rings. The Hall–Kier alpha value is -0.900. The molecule has 3 rings (SSSR count). The summed E-state index contributed by atoms with van der Waals surface area (Å²) in [6.07, 6.45) is 1.50.